The molecule has 0 radical (unpaired) electrons. The molecule has 144 valence electrons. The molecule has 0 unspecified atom stereocenters. The Bertz CT molecular complexity index is 1020. The molecule has 0 aliphatic heterocycles. The Hall–Kier alpha value is -3.39. The fourth-order valence-corrected chi connectivity index (χ4v) is 2.85. The summed E-state index contributed by atoms with van der Waals surface area (Å²) in [4.78, 5) is 15.4. The maximum absolute atomic E-state index is 11.0. The van der Waals surface area contributed by atoms with Gasteiger partial charge in [0.25, 0.3) is 0 Å². The summed E-state index contributed by atoms with van der Waals surface area (Å²) in [5.41, 5.74) is 1.46. The van der Waals surface area contributed by atoms with Crippen LogP contribution in [0.4, 0.5) is 5.69 Å². The number of carbonyl (C=O) groups is 1. The number of aromatic nitrogens is 1. The number of hydrogen-bond acceptors (Lipinski definition) is 6. The molecule has 0 saturated heterocycles. The van der Waals surface area contributed by atoms with Gasteiger partial charge in [-0.25, -0.2) is 0 Å². The van der Waals surface area contributed by atoms with Gasteiger partial charge in [0.1, 0.15) is 11.5 Å². The molecule has 0 aliphatic rings. The SMILES string of the molecule is COc1cc2nccc(Oc3ccc(NC(=S)NC(C)=O)cc3)c2cc1OC. The van der Waals surface area contributed by atoms with Crippen molar-refractivity contribution in [2.75, 3.05) is 19.5 Å². The Balaban J connectivity index is 1.82. The number of rotatable bonds is 5. The Kier molecular flexibility index (Phi) is 5.90. The molecule has 0 spiro atoms. The van der Waals surface area contributed by atoms with Gasteiger partial charge >= 0.3 is 0 Å². The standard InChI is InChI=1S/C20H19N3O4S/c1-12(24)22-20(28)23-13-4-6-14(7-5-13)27-17-8-9-21-16-11-19(26-3)18(25-2)10-15(16)17/h4-11H,1-3H3,(H2,22,23,24,28). The maximum Gasteiger partial charge on any atom is 0.222 e. The summed E-state index contributed by atoms with van der Waals surface area (Å²) in [5, 5.41) is 6.47. The summed E-state index contributed by atoms with van der Waals surface area (Å²) in [5.74, 6) is 2.25. The zero-order valence-electron chi connectivity index (χ0n) is 15.6. The summed E-state index contributed by atoms with van der Waals surface area (Å²) >= 11 is 5.04. The van der Waals surface area contributed by atoms with Crippen molar-refractivity contribution in [1.29, 1.82) is 0 Å². The number of benzene rings is 2. The number of fused-ring (bicyclic) bond motifs is 1. The number of pyridine rings is 1. The van der Waals surface area contributed by atoms with Crippen molar-refractivity contribution in [2.24, 2.45) is 0 Å². The van der Waals surface area contributed by atoms with Gasteiger partial charge in [-0.05, 0) is 48.6 Å². The van der Waals surface area contributed by atoms with Gasteiger partial charge in [0, 0.05) is 30.3 Å². The van der Waals surface area contributed by atoms with Crippen molar-refractivity contribution in [2.45, 2.75) is 6.92 Å². The van der Waals surface area contributed by atoms with Crippen LogP contribution in [0.15, 0.2) is 48.7 Å². The summed E-state index contributed by atoms with van der Waals surface area (Å²) in [6.07, 6.45) is 1.67. The van der Waals surface area contributed by atoms with Gasteiger partial charge in [-0.1, -0.05) is 0 Å². The lowest BCUT2D eigenvalue weighted by atomic mass is 10.2. The van der Waals surface area contributed by atoms with Crippen molar-refractivity contribution >= 4 is 39.8 Å². The third-order valence-electron chi connectivity index (χ3n) is 3.84. The van der Waals surface area contributed by atoms with Crippen molar-refractivity contribution in [1.82, 2.24) is 10.3 Å². The van der Waals surface area contributed by atoms with Crippen LogP contribution in [0.1, 0.15) is 6.92 Å². The Labute approximate surface area is 167 Å². The number of amides is 1. The zero-order valence-corrected chi connectivity index (χ0v) is 16.4. The van der Waals surface area contributed by atoms with Crippen LogP contribution in [0.5, 0.6) is 23.0 Å². The topological polar surface area (TPSA) is 81.7 Å². The van der Waals surface area contributed by atoms with Gasteiger partial charge in [0.05, 0.1) is 19.7 Å². The molecule has 0 aliphatic carbocycles. The van der Waals surface area contributed by atoms with Crippen molar-refractivity contribution in [3.8, 4) is 23.0 Å². The highest BCUT2D eigenvalue weighted by Gasteiger charge is 2.11. The molecule has 1 aromatic heterocycles. The number of hydrogen-bond donors (Lipinski definition) is 2. The zero-order chi connectivity index (χ0) is 20.1. The van der Waals surface area contributed by atoms with Gasteiger partial charge < -0.3 is 24.8 Å². The molecule has 2 N–H and O–H groups in total. The van der Waals surface area contributed by atoms with E-state index in [1.807, 2.05) is 6.07 Å². The summed E-state index contributed by atoms with van der Waals surface area (Å²) in [6, 6.07) is 12.6. The minimum Gasteiger partial charge on any atom is -0.493 e. The van der Waals surface area contributed by atoms with Crippen LogP contribution >= 0.6 is 12.2 Å². The number of carbonyl (C=O) groups excluding carboxylic acids is 1. The average molecular weight is 397 g/mol. The third kappa shape index (κ3) is 4.47. The number of methoxy groups -OCH3 is 2. The monoisotopic (exact) mass is 397 g/mol. The van der Waals surface area contributed by atoms with E-state index in [1.54, 1.807) is 56.8 Å². The molecule has 28 heavy (non-hydrogen) atoms. The molecule has 1 heterocycles. The van der Waals surface area contributed by atoms with Crippen LogP contribution < -0.4 is 24.8 Å². The molecular formula is C20H19N3O4S. The molecule has 3 aromatic rings. The second-order valence-corrected chi connectivity index (χ2v) is 6.20. The lowest BCUT2D eigenvalue weighted by molar-refractivity contribution is -0.117. The van der Waals surface area contributed by atoms with E-state index in [0.29, 0.717) is 23.0 Å². The van der Waals surface area contributed by atoms with Crippen LogP contribution in [-0.4, -0.2) is 30.2 Å². The number of thiocarbonyl (C=S) groups is 1. The van der Waals surface area contributed by atoms with Crippen LogP contribution in [-0.2, 0) is 4.79 Å². The van der Waals surface area contributed by atoms with E-state index in [-0.39, 0.29) is 11.0 Å². The first-order valence-electron chi connectivity index (χ1n) is 8.37. The van der Waals surface area contributed by atoms with E-state index in [9.17, 15) is 4.79 Å². The van der Waals surface area contributed by atoms with Crippen LogP contribution in [0.2, 0.25) is 0 Å². The van der Waals surface area contributed by atoms with Gasteiger partial charge in [0.2, 0.25) is 5.91 Å². The van der Waals surface area contributed by atoms with E-state index in [4.69, 9.17) is 26.4 Å². The molecule has 8 heteroatoms. The van der Waals surface area contributed by atoms with E-state index in [1.165, 1.54) is 6.92 Å². The van der Waals surface area contributed by atoms with Crippen LogP contribution in [0.3, 0.4) is 0 Å². The van der Waals surface area contributed by atoms with Crippen LogP contribution in [0.25, 0.3) is 10.9 Å². The Morgan fingerprint density at radius 1 is 1.00 bits per heavy atom. The van der Waals surface area contributed by atoms with Gasteiger partial charge in [-0.3, -0.25) is 9.78 Å². The molecule has 7 nitrogen and oxygen atoms in total. The smallest absolute Gasteiger partial charge is 0.222 e. The van der Waals surface area contributed by atoms with Crippen LogP contribution in [0, 0.1) is 0 Å². The molecule has 1 amide bonds. The predicted octanol–water partition coefficient (Wildman–Crippen LogP) is 3.88. The highest BCUT2D eigenvalue weighted by Crippen LogP contribution is 2.36. The maximum atomic E-state index is 11.0. The van der Waals surface area contributed by atoms with E-state index >= 15 is 0 Å². The van der Waals surface area contributed by atoms with Crippen molar-refractivity contribution < 1.29 is 19.0 Å². The average Bonchev–Trinajstić information content (AvgIpc) is 2.68. The minimum absolute atomic E-state index is 0.228. The first kappa shape index (κ1) is 19.4. The highest BCUT2D eigenvalue weighted by atomic mass is 32.1. The minimum atomic E-state index is -0.228. The second kappa shape index (κ2) is 8.53. The highest BCUT2D eigenvalue weighted by molar-refractivity contribution is 7.80. The lowest BCUT2D eigenvalue weighted by Gasteiger charge is -2.13. The Morgan fingerprint density at radius 2 is 1.68 bits per heavy atom. The largest absolute Gasteiger partial charge is 0.493 e. The second-order valence-electron chi connectivity index (χ2n) is 5.80. The molecular weight excluding hydrogens is 378 g/mol. The number of ether oxygens (including phenoxy) is 3. The first-order chi connectivity index (χ1) is 13.5. The molecule has 3 rings (SSSR count). The fourth-order valence-electron chi connectivity index (χ4n) is 2.59. The fraction of sp³-hybridized carbons (Fsp3) is 0.150. The quantitative estimate of drug-likeness (QED) is 0.632. The molecule has 0 bridgehead atoms. The van der Waals surface area contributed by atoms with E-state index in [2.05, 4.69) is 15.6 Å². The van der Waals surface area contributed by atoms with Gasteiger partial charge in [-0.15, -0.1) is 0 Å². The van der Waals surface area contributed by atoms with E-state index < -0.39 is 0 Å². The predicted molar refractivity (Wildman–Crippen MR) is 111 cm³/mol. The van der Waals surface area contributed by atoms with Gasteiger partial charge in [-0.2, -0.15) is 0 Å². The normalized spacial score (nSPS) is 10.2. The summed E-state index contributed by atoms with van der Waals surface area (Å²) < 4.78 is 16.7. The van der Waals surface area contributed by atoms with Crippen molar-refractivity contribution in [3.05, 3.63) is 48.7 Å². The number of nitrogens with zero attached hydrogens (tertiary/aromatic N) is 1. The molecule has 0 fully saturated rings. The number of anilines is 1. The third-order valence-corrected chi connectivity index (χ3v) is 4.04. The lowest BCUT2D eigenvalue weighted by Crippen LogP contribution is -2.32. The summed E-state index contributed by atoms with van der Waals surface area (Å²) in [6.45, 7) is 1.40. The van der Waals surface area contributed by atoms with Gasteiger partial charge in [0.15, 0.2) is 16.6 Å². The first-order valence-corrected chi connectivity index (χ1v) is 8.78. The molecule has 0 saturated carbocycles. The van der Waals surface area contributed by atoms with E-state index in [0.717, 1.165) is 16.6 Å². The molecule has 0 atom stereocenters. The summed E-state index contributed by atoms with van der Waals surface area (Å²) in [7, 11) is 3.16. The molecule has 2 aromatic carbocycles. The Morgan fingerprint density at radius 3 is 2.32 bits per heavy atom. The number of nitrogens with one attached hydrogen (secondary N) is 2. The van der Waals surface area contributed by atoms with Crippen molar-refractivity contribution in [3.63, 3.8) is 0 Å².